The minimum Gasteiger partial charge on any atom is -0.462 e. The predicted molar refractivity (Wildman–Crippen MR) is 213 cm³/mol. The first-order valence-corrected chi connectivity index (χ1v) is 21.4. The van der Waals surface area contributed by atoms with Crippen LogP contribution in [-0.2, 0) is 33.3 Å². The van der Waals surface area contributed by atoms with E-state index in [1.165, 1.54) is 116 Å². The molecule has 300 valence electrons. The van der Waals surface area contributed by atoms with Crippen molar-refractivity contribution in [2.45, 2.75) is 200 Å². The number of carbonyl (C=O) groups is 2. The van der Waals surface area contributed by atoms with Gasteiger partial charge in [0.2, 0.25) is 0 Å². The average Bonchev–Trinajstić information content (AvgIpc) is 3.13. The number of ether oxygens (including phenoxy) is 5. The Morgan fingerprint density at radius 2 is 0.843 bits per heavy atom. The first-order valence-electron chi connectivity index (χ1n) is 21.4. The Bertz CT molecular complexity index is 781. The van der Waals surface area contributed by atoms with Crippen molar-refractivity contribution in [3.63, 3.8) is 0 Å². The molecule has 0 amide bonds. The van der Waals surface area contributed by atoms with Crippen LogP contribution < -0.4 is 0 Å². The summed E-state index contributed by atoms with van der Waals surface area (Å²) in [6.45, 7) is 6.55. The summed E-state index contributed by atoms with van der Waals surface area (Å²) in [6, 6.07) is 0. The van der Waals surface area contributed by atoms with Crippen molar-refractivity contribution in [1.29, 1.82) is 0 Å². The summed E-state index contributed by atoms with van der Waals surface area (Å²) in [7, 11) is 1.63. The van der Waals surface area contributed by atoms with Crippen LogP contribution in [0.1, 0.15) is 194 Å². The molecule has 0 aromatic rings. The lowest BCUT2D eigenvalue weighted by molar-refractivity contribution is -0.163. The maximum atomic E-state index is 12.6. The fourth-order valence-electron chi connectivity index (χ4n) is 5.88. The monoisotopic (exact) mass is 723 g/mol. The molecule has 7 heteroatoms. The van der Waals surface area contributed by atoms with E-state index in [0.717, 1.165) is 51.4 Å². The van der Waals surface area contributed by atoms with E-state index in [0.29, 0.717) is 39.3 Å². The molecule has 0 spiro atoms. The molecule has 0 saturated heterocycles. The Hall–Kier alpha value is -1.70. The molecule has 0 aromatic carbocycles. The fraction of sp³-hybridized carbons (Fsp3) is 0.864. The molecule has 7 nitrogen and oxygen atoms in total. The summed E-state index contributed by atoms with van der Waals surface area (Å²) >= 11 is 0. The molecule has 0 N–H and O–H groups in total. The van der Waals surface area contributed by atoms with E-state index in [1.54, 1.807) is 7.11 Å². The number of allylic oxidation sites excluding steroid dienone is 4. The number of carbonyl (C=O) groups excluding carboxylic acids is 2. The van der Waals surface area contributed by atoms with Gasteiger partial charge in [-0.3, -0.25) is 9.59 Å². The molecule has 0 aliphatic heterocycles. The van der Waals surface area contributed by atoms with Gasteiger partial charge in [0.1, 0.15) is 6.61 Å². The maximum Gasteiger partial charge on any atom is 0.306 e. The van der Waals surface area contributed by atoms with Crippen molar-refractivity contribution in [3.8, 4) is 0 Å². The quantitative estimate of drug-likeness (QED) is 0.0353. The van der Waals surface area contributed by atoms with Gasteiger partial charge in [-0.1, -0.05) is 141 Å². The molecule has 0 saturated carbocycles. The minimum atomic E-state index is -0.613. The highest BCUT2D eigenvalue weighted by molar-refractivity contribution is 5.70. The Labute approximate surface area is 315 Å². The van der Waals surface area contributed by atoms with Gasteiger partial charge < -0.3 is 23.7 Å². The second kappa shape index (κ2) is 42.7. The molecular formula is C44H82O7. The van der Waals surface area contributed by atoms with Gasteiger partial charge in [-0.25, -0.2) is 0 Å². The molecule has 51 heavy (non-hydrogen) atoms. The van der Waals surface area contributed by atoms with Crippen molar-refractivity contribution in [2.75, 3.05) is 46.8 Å². The predicted octanol–water partition coefficient (Wildman–Crippen LogP) is 12.2. The van der Waals surface area contributed by atoms with Gasteiger partial charge >= 0.3 is 11.9 Å². The first-order chi connectivity index (χ1) is 25.1. The normalized spacial score (nSPS) is 12.3. The number of methoxy groups -OCH3 is 1. The lowest BCUT2D eigenvalue weighted by atomic mass is 10.1. The van der Waals surface area contributed by atoms with Gasteiger partial charge in [-0.15, -0.1) is 0 Å². The van der Waals surface area contributed by atoms with E-state index in [1.807, 2.05) is 0 Å². The Kier molecular flexibility index (Phi) is 41.3. The van der Waals surface area contributed by atoms with Crippen molar-refractivity contribution < 1.29 is 33.3 Å². The molecule has 0 rings (SSSR count). The third-order valence-electron chi connectivity index (χ3n) is 9.12. The van der Waals surface area contributed by atoms with E-state index in [9.17, 15) is 9.59 Å². The number of hydrogen-bond donors (Lipinski definition) is 0. The molecule has 0 aromatic heterocycles. The first kappa shape index (κ1) is 49.3. The van der Waals surface area contributed by atoms with Gasteiger partial charge in [0.25, 0.3) is 0 Å². The summed E-state index contributed by atoms with van der Waals surface area (Å²) < 4.78 is 27.3. The SMILES string of the molecule is CCCCCCCC/C=C\CCCCCCCC(=O)OCC(COCCOCCOC)OC(=O)CCCCCCC/C=C\CCCCCCCC. The highest BCUT2D eigenvalue weighted by atomic mass is 16.6. The van der Waals surface area contributed by atoms with Gasteiger partial charge in [-0.2, -0.15) is 0 Å². The molecule has 0 heterocycles. The maximum absolute atomic E-state index is 12.6. The van der Waals surface area contributed by atoms with Crippen molar-refractivity contribution in [3.05, 3.63) is 24.3 Å². The molecular weight excluding hydrogens is 640 g/mol. The van der Waals surface area contributed by atoms with Crippen molar-refractivity contribution >= 4 is 11.9 Å². The van der Waals surface area contributed by atoms with Crippen LogP contribution in [0.2, 0.25) is 0 Å². The lowest BCUT2D eigenvalue weighted by Crippen LogP contribution is -2.30. The van der Waals surface area contributed by atoms with Gasteiger partial charge in [0, 0.05) is 20.0 Å². The van der Waals surface area contributed by atoms with Crippen molar-refractivity contribution in [2.24, 2.45) is 0 Å². The number of hydrogen-bond acceptors (Lipinski definition) is 7. The lowest BCUT2D eigenvalue weighted by Gasteiger charge is -2.18. The molecule has 0 aliphatic carbocycles. The number of esters is 2. The third kappa shape index (κ3) is 40.9. The van der Waals surface area contributed by atoms with Gasteiger partial charge in [-0.05, 0) is 64.2 Å². The highest BCUT2D eigenvalue weighted by Gasteiger charge is 2.17. The van der Waals surface area contributed by atoms with Crippen LogP contribution in [0.3, 0.4) is 0 Å². The van der Waals surface area contributed by atoms with Crippen LogP contribution in [0.15, 0.2) is 24.3 Å². The van der Waals surface area contributed by atoms with E-state index < -0.39 is 6.10 Å². The molecule has 0 bridgehead atoms. The minimum absolute atomic E-state index is 0.0204. The third-order valence-corrected chi connectivity index (χ3v) is 9.12. The fourth-order valence-corrected chi connectivity index (χ4v) is 5.88. The Balaban J connectivity index is 4.08. The van der Waals surface area contributed by atoms with Crippen LogP contribution in [0, 0.1) is 0 Å². The molecule has 1 atom stereocenters. The number of rotatable bonds is 41. The summed E-state index contributed by atoms with van der Waals surface area (Å²) in [5.41, 5.74) is 0. The second-order valence-corrected chi connectivity index (χ2v) is 14.1. The van der Waals surface area contributed by atoms with E-state index in [2.05, 4.69) is 38.2 Å². The zero-order valence-corrected chi connectivity index (χ0v) is 33.8. The smallest absolute Gasteiger partial charge is 0.306 e. The molecule has 0 fully saturated rings. The van der Waals surface area contributed by atoms with E-state index in [4.69, 9.17) is 23.7 Å². The van der Waals surface area contributed by atoms with Crippen LogP contribution in [0.4, 0.5) is 0 Å². The standard InChI is InChI=1S/C44H82O7/c1-4-6-8-10-12-14-16-18-20-22-24-26-28-30-32-34-43(45)50-41-42(40-49-39-38-48-37-36-47-3)51-44(46)35-33-31-29-27-25-23-21-19-17-15-13-11-9-7-5-2/h18-21,42H,4-17,22-41H2,1-3H3/b20-18-,21-19-. The number of unbranched alkanes of at least 4 members (excludes halogenated alkanes) is 22. The zero-order valence-electron chi connectivity index (χ0n) is 33.8. The van der Waals surface area contributed by atoms with Crippen LogP contribution >= 0.6 is 0 Å². The van der Waals surface area contributed by atoms with Gasteiger partial charge in [0.15, 0.2) is 6.10 Å². The summed E-state index contributed by atoms with van der Waals surface area (Å²) in [5.74, 6) is -0.500. The zero-order chi connectivity index (χ0) is 37.1. The van der Waals surface area contributed by atoms with E-state index >= 15 is 0 Å². The summed E-state index contributed by atoms with van der Waals surface area (Å²) in [4.78, 5) is 25.0. The van der Waals surface area contributed by atoms with Crippen LogP contribution in [0.25, 0.3) is 0 Å². The average molecular weight is 723 g/mol. The Morgan fingerprint density at radius 3 is 1.31 bits per heavy atom. The summed E-state index contributed by atoms with van der Waals surface area (Å²) in [6.07, 6.45) is 41.2. The van der Waals surface area contributed by atoms with Gasteiger partial charge in [0.05, 0.1) is 33.0 Å². The second-order valence-electron chi connectivity index (χ2n) is 14.1. The molecule has 0 aliphatic rings. The molecule has 0 radical (unpaired) electrons. The summed E-state index contributed by atoms with van der Waals surface area (Å²) in [5, 5.41) is 0. The van der Waals surface area contributed by atoms with Crippen LogP contribution in [0.5, 0.6) is 0 Å². The molecule has 1 unspecified atom stereocenters. The van der Waals surface area contributed by atoms with Crippen molar-refractivity contribution in [1.82, 2.24) is 0 Å². The van der Waals surface area contributed by atoms with E-state index in [-0.39, 0.29) is 25.2 Å². The largest absolute Gasteiger partial charge is 0.462 e. The topological polar surface area (TPSA) is 80.3 Å². The highest BCUT2D eigenvalue weighted by Crippen LogP contribution is 2.13. The Morgan fingerprint density at radius 1 is 0.451 bits per heavy atom. The van der Waals surface area contributed by atoms with Crippen LogP contribution in [-0.4, -0.2) is 64.8 Å².